The van der Waals surface area contributed by atoms with Gasteiger partial charge in [-0.1, -0.05) is 24.3 Å². The van der Waals surface area contributed by atoms with E-state index < -0.39 is 0 Å². The van der Waals surface area contributed by atoms with Gasteiger partial charge < -0.3 is 25.8 Å². The molecule has 0 radical (unpaired) electrons. The minimum absolute atomic E-state index is 0.0109. The van der Waals surface area contributed by atoms with E-state index in [-0.39, 0.29) is 29.3 Å². The molecule has 1 aliphatic carbocycles. The van der Waals surface area contributed by atoms with Crippen molar-refractivity contribution >= 4 is 40.6 Å². The molecule has 8 rings (SSSR count). The lowest BCUT2D eigenvalue weighted by Crippen LogP contribution is -2.33. The molecule has 3 N–H and O–H groups in total. The SMILES string of the molecule is CNC(=O)c1nnc(NC(=O)C2CC2)cc1Nc1cccc2c1N(C)Cc1cc(C3CCN(Cc4cccc(C(=O)N5CCCC5)n4)CC3)cnc1-2. The molecule has 0 unspecified atom stereocenters. The van der Waals surface area contributed by atoms with Gasteiger partial charge in [-0.05, 0) is 86.9 Å². The molecule has 3 aliphatic heterocycles. The predicted molar refractivity (Wildman–Crippen MR) is 198 cm³/mol. The van der Waals surface area contributed by atoms with Crippen LogP contribution in [0.3, 0.4) is 0 Å². The van der Waals surface area contributed by atoms with E-state index in [0.717, 1.165) is 99.6 Å². The van der Waals surface area contributed by atoms with Gasteiger partial charge in [-0.2, -0.15) is 0 Å². The highest BCUT2D eigenvalue weighted by Gasteiger charge is 2.31. The Balaban J connectivity index is 0.965. The molecular weight excluding hydrogens is 656 g/mol. The third-order valence-electron chi connectivity index (χ3n) is 10.6. The average molecular weight is 701 g/mol. The summed E-state index contributed by atoms with van der Waals surface area (Å²) in [5.74, 6) is 0.310. The van der Waals surface area contributed by atoms with Crippen molar-refractivity contribution in [2.45, 2.75) is 57.5 Å². The van der Waals surface area contributed by atoms with Crippen LogP contribution in [0.5, 0.6) is 0 Å². The van der Waals surface area contributed by atoms with Gasteiger partial charge in [0.1, 0.15) is 5.69 Å². The minimum Gasteiger partial charge on any atom is -0.368 e. The van der Waals surface area contributed by atoms with Crippen molar-refractivity contribution < 1.29 is 14.4 Å². The topological polar surface area (TPSA) is 149 Å². The molecular formula is C39H44N10O3. The number of carbonyl (C=O) groups excluding carboxylic acids is 3. The number of para-hydroxylation sites is 1. The molecule has 0 atom stereocenters. The highest BCUT2D eigenvalue weighted by Crippen LogP contribution is 2.44. The van der Waals surface area contributed by atoms with Crippen LogP contribution in [0.4, 0.5) is 22.9 Å². The molecule has 0 spiro atoms. The number of benzene rings is 1. The number of nitrogens with one attached hydrogen (secondary N) is 3. The summed E-state index contributed by atoms with van der Waals surface area (Å²) in [5, 5.41) is 17.2. The zero-order chi connectivity index (χ0) is 35.8. The summed E-state index contributed by atoms with van der Waals surface area (Å²) in [6.07, 6.45) is 7.98. The monoisotopic (exact) mass is 700 g/mol. The van der Waals surface area contributed by atoms with Gasteiger partial charge in [0, 0.05) is 64.0 Å². The normalized spacial score (nSPS) is 17.3. The molecule has 52 heavy (non-hydrogen) atoms. The molecule has 3 aromatic heterocycles. The van der Waals surface area contributed by atoms with E-state index in [2.05, 4.69) is 55.1 Å². The molecule has 2 saturated heterocycles. The van der Waals surface area contributed by atoms with E-state index in [1.807, 2.05) is 41.4 Å². The van der Waals surface area contributed by atoms with Crippen molar-refractivity contribution in [3.63, 3.8) is 0 Å². The van der Waals surface area contributed by atoms with E-state index in [1.165, 1.54) is 11.1 Å². The van der Waals surface area contributed by atoms with Gasteiger partial charge in [-0.3, -0.25) is 24.3 Å². The summed E-state index contributed by atoms with van der Waals surface area (Å²) >= 11 is 0. The van der Waals surface area contributed by atoms with Crippen molar-refractivity contribution in [2.24, 2.45) is 5.92 Å². The number of nitrogens with zero attached hydrogens (tertiary/aromatic N) is 7. The fraction of sp³-hybridized carbons (Fsp3) is 0.410. The van der Waals surface area contributed by atoms with Gasteiger partial charge in [0.05, 0.1) is 28.5 Å². The molecule has 0 bridgehead atoms. The number of hydrogen-bond donors (Lipinski definition) is 3. The first-order valence-corrected chi connectivity index (χ1v) is 18.3. The van der Waals surface area contributed by atoms with E-state index in [9.17, 15) is 14.4 Å². The molecule has 3 fully saturated rings. The quantitative estimate of drug-likeness (QED) is 0.219. The van der Waals surface area contributed by atoms with Crippen LogP contribution in [0.2, 0.25) is 0 Å². The van der Waals surface area contributed by atoms with Crippen molar-refractivity contribution in [1.82, 2.24) is 35.3 Å². The molecule has 13 heteroatoms. The van der Waals surface area contributed by atoms with Crippen LogP contribution in [0.15, 0.2) is 54.7 Å². The van der Waals surface area contributed by atoms with Gasteiger partial charge in [0.2, 0.25) is 5.91 Å². The van der Waals surface area contributed by atoms with Crippen LogP contribution in [0, 0.1) is 5.92 Å². The van der Waals surface area contributed by atoms with Crippen LogP contribution < -0.4 is 20.9 Å². The second-order valence-electron chi connectivity index (χ2n) is 14.4. The highest BCUT2D eigenvalue weighted by atomic mass is 16.2. The Hall–Kier alpha value is -5.43. The largest absolute Gasteiger partial charge is 0.368 e. The van der Waals surface area contributed by atoms with Gasteiger partial charge in [-0.25, -0.2) is 4.98 Å². The standard InChI is InChI=1S/C39H44N10O3/c1-40-38(51)35-32(20-33(45-46-35)44-37(50)25-11-12-25)43-30-9-6-8-29-34-27(22-47(2)36(29)30)19-26(21-41-34)24-13-17-48(18-14-24)23-28-7-5-10-31(42-28)39(52)49-15-3-4-16-49/h5-10,19-21,24-25H,3-4,11-18,22-23H2,1-2H3,(H,40,51)(H2,43,44,45,50). The van der Waals surface area contributed by atoms with Gasteiger partial charge >= 0.3 is 0 Å². The zero-order valence-electron chi connectivity index (χ0n) is 29.7. The maximum atomic E-state index is 12.9. The van der Waals surface area contributed by atoms with Crippen molar-refractivity contribution in [2.75, 3.05) is 55.8 Å². The number of hydrogen-bond acceptors (Lipinski definition) is 10. The number of likely N-dealkylation sites (tertiary alicyclic amines) is 2. The number of rotatable bonds is 9. The number of anilines is 4. The van der Waals surface area contributed by atoms with Gasteiger partial charge in [0.25, 0.3) is 11.8 Å². The predicted octanol–water partition coefficient (Wildman–Crippen LogP) is 4.95. The Kier molecular flexibility index (Phi) is 9.27. The van der Waals surface area contributed by atoms with E-state index in [4.69, 9.17) is 9.97 Å². The molecule has 1 saturated carbocycles. The number of fused-ring (bicyclic) bond motifs is 3. The van der Waals surface area contributed by atoms with Crippen molar-refractivity contribution in [3.05, 3.63) is 82.9 Å². The Morgan fingerprint density at radius 2 is 1.69 bits per heavy atom. The maximum absolute atomic E-state index is 12.9. The summed E-state index contributed by atoms with van der Waals surface area (Å²) in [6.45, 7) is 4.99. The Morgan fingerprint density at radius 3 is 2.46 bits per heavy atom. The molecule has 3 amide bonds. The van der Waals surface area contributed by atoms with Crippen LogP contribution in [-0.4, -0.2) is 88.0 Å². The Morgan fingerprint density at radius 1 is 0.904 bits per heavy atom. The fourth-order valence-electron chi connectivity index (χ4n) is 7.67. The smallest absolute Gasteiger partial charge is 0.273 e. The summed E-state index contributed by atoms with van der Waals surface area (Å²) in [5.41, 5.74) is 8.22. The zero-order valence-corrected chi connectivity index (χ0v) is 29.7. The number of aromatic nitrogens is 4. The van der Waals surface area contributed by atoms with Crippen LogP contribution >= 0.6 is 0 Å². The summed E-state index contributed by atoms with van der Waals surface area (Å²) in [7, 11) is 3.61. The second kappa shape index (κ2) is 14.3. The lowest BCUT2D eigenvalue weighted by atomic mass is 9.88. The number of carbonyl (C=O) groups is 3. The first-order chi connectivity index (χ1) is 25.3. The molecule has 4 aromatic rings. The average Bonchev–Trinajstić information content (AvgIpc) is 3.88. The number of piperidine rings is 1. The van der Waals surface area contributed by atoms with Gasteiger partial charge in [0.15, 0.2) is 11.5 Å². The summed E-state index contributed by atoms with van der Waals surface area (Å²) < 4.78 is 0. The van der Waals surface area contributed by atoms with Crippen molar-refractivity contribution in [3.8, 4) is 11.3 Å². The van der Waals surface area contributed by atoms with Gasteiger partial charge in [-0.15, -0.1) is 10.2 Å². The molecule has 4 aliphatic rings. The summed E-state index contributed by atoms with van der Waals surface area (Å²) in [4.78, 5) is 54.4. The van der Waals surface area contributed by atoms with Crippen LogP contribution in [0.25, 0.3) is 11.3 Å². The van der Waals surface area contributed by atoms with Crippen molar-refractivity contribution in [1.29, 1.82) is 0 Å². The Bertz CT molecular complexity index is 2020. The molecule has 13 nitrogen and oxygen atoms in total. The number of pyridine rings is 2. The van der Waals surface area contributed by atoms with E-state index in [1.54, 1.807) is 13.1 Å². The molecule has 1 aromatic carbocycles. The third kappa shape index (κ3) is 6.92. The molecule has 268 valence electrons. The van der Waals surface area contributed by atoms with E-state index in [0.29, 0.717) is 29.7 Å². The fourth-order valence-corrected chi connectivity index (χ4v) is 7.67. The second-order valence-corrected chi connectivity index (χ2v) is 14.4. The number of amides is 3. The van der Waals surface area contributed by atoms with E-state index >= 15 is 0 Å². The van der Waals surface area contributed by atoms with Crippen LogP contribution in [0.1, 0.15) is 82.2 Å². The first kappa shape index (κ1) is 33.7. The lowest BCUT2D eigenvalue weighted by Gasteiger charge is -2.34. The first-order valence-electron chi connectivity index (χ1n) is 18.3. The minimum atomic E-state index is -0.381. The summed E-state index contributed by atoms with van der Waals surface area (Å²) in [6, 6.07) is 15.8. The Labute approximate surface area is 303 Å². The molecule has 6 heterocycles. The van der Waals surface area contributed by atoms with Crippen LogP contribution in [-0.2, 0) is 17.9 Å². The maximum Gasteiger partial charge on any atom is 0.273 e. The lowest BCUT2D eigenvalue weighted by molar-refractivity contribution is -0.117. The highest BCUT2D eigenvalue weighted by molar-refractivity contribution is 6.01. The third-order valence-corrected chi connectivity index (χ3v) is 10.6.